The number of aliphatic hydroxyl groups excluding tert-OH is 1. The number of aryl methyl sites for hydroxylation is 1. The molecule has 1 aliphatic rings. The first-order chi connectivity index (χ1) is 9.06. The lowest BCUT2D eigenvalue weighted by molar-refractivity contribution is 0.0702. The zero-order valence-electron chi connectivity index (χ0n) is 11.2. The first-order valence-corrected chi connectivity index (χ1v) is 7.59. The number of carbonyl (C=O) groups is 1. The molecule has 0 atom stereocenters. The van der Waals surface area contributed by atoms with Crippen molar-refractivity contribution < 1.29 is 15.0 Å². The van der Waals surface area contributed by atoms with Gasteiger partial charge in [0.25, 0.3) is 0 Å². The van der Waals surface area contributed by atoms with Gasteiger partial charge in [-0.1, -0.05) is 0 Å². The largest absolute Gasteiger partial charge is 0.477 e. The summed E-state index contributed by atoms with van der Waals surface area (Å²) in [7, 11) is 0. The minimum Gasteiger partial charge on any atom is -0.477 e. The second-order valence-corrected chi connectivity index (χ2v) is 6.56. The molecule has 1 heterocycles. The third-order valence-corrected chi connectivity index (χ3v) is 4.88. The summed E-state index contributed by atoms with van der Waals surface area (Å²) in [4.78, 5) is 12.4. The molecule has 0 aliphatic heterocycles. The van der Waals surface area contributed by atoms with Gasteiger partial charge in [0.2, 0.25) is 0 Å². The van der Waals surface area contributed by atoms with Gasteiger partial charge in [-0.3, -0.25) is 0 Å². The van der Waals surface area contributed by atoms with E-state index >= 15 is 0 Å². The first kappa shape index (κ1) is 14.5. The number of hydrogen-bond donors (Lipinski definition) is 3. The van der Waals surface area contributed by atoms with Gasteiger partial charge in [-0.2, -0.15) is 0 Å². The lowest BCUT2D eigenvalue weighted by Crippen LogP contribution is -2.27. The van der Waals surface area contributed by atoms with E-state index in [4.69, 9.17) is 5.11 Å². The summed E-state index contributed by atoms with van der Waals surface area (Å²) in [5.41, 5.74) is 1.08. The molecule has 0 spiro atoms. The monoisotopic (exact) mass is 283 g/mol. The molecule has 2 rings (SSSR count). The summed E-state index contributed by atoms with van der Waals surface area (Å²) < 4.78 is 0. The molecule has 1 aromatic rings. The standard InChI is InChI=1S/C14H21NO3S/c1-9-11(6-13(19-9)14(17)18)8-15-7-10-2-4-12(16)5-3-10/h6,10,12,15-16H,2-5,7-8H2,1H3,(H,17,18). The van der Waals surface area contributed by atoms with E-state index in [1.54, 1.807) is 6.07 Å². The van der Waals surface area contributed by atoms with Crippen molar-refractivity contribution in [2.75, 3.05) is 6.54 Å². The number of rotatable bonds is 5. The van der Waals surface area contributed by atoms with E-state index in [-0.39, 0.29) is 6.10 Å². The van der Waals surface area contributed by atoms with Crippen LogP contribution in [0, 0.1) is 12.8 Å². The van der Waals surface area contributed by atoms with E-state index in [1.807, 2.05) is 6.92 Å². The van der Waals surface area contributed by atoms with Crippen molar-refractivity contribution >= 4 is 17.3 Å². The molecule has 0 saturated heterocycles. The molecule has 3 N–H and O–H groups in total. The van der Waals surface area contributed by atoms with Crippen LogP contribution >= 0.6 is 11.3 Å². The van der Waals surface area contributed by atoms with E-state index in [0.29, 0.717) is 10.8 Å². The number of carboxylic acid groups (broad SMARTS) is 1. The number of hydrogen-bond acceptors (Lipinski definition) is 4. The summed E-state index contributed by atoms with van der Waals surface area (Å²) in [6, 6.07) is 1.76. The molecular weight excluding hydrogens is 262 g/mol. The molecule has 0 radical (unpaired) electrons. The first-order valence-electron chi connectivity index (χ1n) is 6.77. The fraction of sp³-hybridized carbons (Fsp3) is 0.643. The Bertz CT molecular complexity index is 436. The van der Waals surface area contributed by atoms with Crippen molar-refractivity contribution in [3.63, 3.8) is 0 Å². The second-order valence-electron chi connectivity index (χ2n) is 5.30. The van der Waals surface area contributed by atoms with Crippen LogP contribution in [0.2, 0.25) is 0 Å². The summed E-state index contributed by atoms with van der Waals surface area (Å²) in [5, 5.41) is 21.8. The molecule has 0 amide bonds. The lowest BCUT2D eigenvalue weighted by atomic mass is 9.87. The molecule has 1 aromatic heterocycles. The highest BCUT2D eigenvalue weighted by molar-refractivity contribution is 7.14. The van der Waals surface area contributed by atoms with Gasteiger partial charge in [0, 0.05) is 11.4 Å². The third-order valence-electron chi connectivity index (χ3n) is 3.80. The second kappa shape index (κ2) is 6.50. The molecule has 106 valence electrons. The molecule has 5 heteroatoms. The van der Waals surface area contributed by atoms with Crippen LogP contribution < -0.4 is 5.32 Å². The van der Waals surface area contributed by atoms with Crippen molar-refractivity contribution in [1.82, 2.24) is 5.32 Å². The number of aromatic carboxylic acids is 1. The van der Waals surface area contributed by atoms with E-state index in [9.17, 15) is 9.90 Å². The van der Waals surface area contributed by atoms with E-state index in [1.165, 1.54) is 11.3 Å². The minimum atomic E-state index is -0.847. The maximum atomic E-state index is 10.9. The van der Waals surface area contributed by atoms with Gasteiger partial charge in [-0.15, -0.1) is 11.3 Å². The van der Waals surface area contributed by atoms with Crippen LogP contribution in [0.3, 0.4) is 0 Å². The van der Waals surface area contributed by atoms with Crippen LogP contribution in [0.4, 0.5) is 0 Å². The average Bonchev–Trinajstić information content (AvgIpc) is 2.74. The molecule has 1 fully saturated rings. The predicted molar refractivity (Wildman–Crippen MR) is 75.7 cm³/mol. The SMILES string of the molecule is Cc1sc(C(=O)O)cc1CNCC1CCC(O)CC1. The van der Waals surface area contributed by atoms with Gasteiger partial charge < -0.3 is 15.5 Å². The van der Waals surface area contributed by atoms with Crippen LogP contribution in [0.15, 0.2) is 6.07 Å². The highest BCUT2D eigenvalue weighted by Gasteiger charge is 2.19. The zero-order chi connectivity index (χ0) is 13.8. The molecule has 0 bridgehead atoms. The Morgan fingerprint density at radius 2 is 2.11 bits per heavy atom. The Kier molecular flexibility index (Phi) is 4.96. The van der Waals surface area contributed by atoms with Crippen molar-refractivity contribution in [2.24, 2.45) is 5.92 Å². The summed E-state index contributed by atoms with van der Waals surface area (Å²) in [5.74, 6) is -0.207. The van der Waals surface area contributed by atoms with Gasteiger partial charge in [0.1, 0.15) is 4.88 Å². The van der Waals surface area contributed by atoms with Gasteiger partial charge in [-0.05, 0) is 56.7 Å². The molecule has 4 nitrogen and oxygen atoms in total. The minimum absolute atomic E-state index is 0.103. The molecule has 0 unspecified atom stereocenters. The van der Waals surface area contributed by atoms with Crippen molar-refractivity contribution in [3.05, 3.63) is 21.4 Å². The number of thiophene rings is 1. The molecule has 19 heavy (non-hydrogen) atoms. The summed E-state index contributed by atoms with van der Waals surface area (Å²) in [6.45, 7) is 3.64. The fourth-order valence-electron chi connectivity index (χ4n) is 2.56. The molecule has 0 aromatic carbocycles. The number of aliphatic hydroxyl groups is 1. The van der Waals surface area contributed by atoms with E-state index < -0.39 is 5.97 Å². The highest BCUT2D eigenvalue weighted by Crippen LogP contribution is 2.24. The van der Waals surface area contributed by atoms with Gasteiger partial charge in [-0.25, -0.2) is 4.79 Å². The molecule has 1 aliphatic carbocycles. The molecule has 1 saturated carbocycles. The van der Waals surface area contributed by atoms with Crippen molar-refractivity contribution in [2.45, 2.75) is 45.3 Å². The summed E-state index contributed by atoms with van der Waals surface area (Å²) >= 11 is 1.34. The normalized spacial score (nSPS) is 23.5. The summed E-state index contributed by atoms with van der Waals surface area (Å²) in [6.07, 6.45) is 3.88. The third kappa shape index (κ3) is 4.03. The highest BCUT2D eigenvalue weighted by atomic mass is 32.1. The Labute approximate surface area is 117 Å². The van der Waals surface area contributed by atoms with Crippen molar-refractivity contribution in [3.8, 4) is 0 Å². The van der Waals surface area contributed by atoms with Crippen LogP contribution in [-0.4, -0.2) is 28.8 Å². The van der Waals surface area contributed by atoms with Crippen LogP contribution in [-0.2, 0) is 6.54 Å². The average molecular weight is 283 g/mol. The van der Waals surface area contributed by atoms with E-state index in [2.05, 4.69) is 5.32 Å². The maximum absolute atomic E-state index is 10.9. The van der Waals surface area contributed by atoms with Gasteiger partial charge >= 0.3 is 5.97 Å². The number of carboxylic acids is 1. The zero-order valence-corrected chi connectivity index (χ0v) is 12.0. The Morgan fingerprint density at radius 3 is 2.68 bits per heavy atom. The molecular formula is C14H21NO3S. The topological polar surface area (TPSA) is 69.6 Å². The smallest absolute Gasteiger partial charge is 0.345 e. The van der Waals surface area contributed by atoms with Crippen molar-refractivity contribution in [1.29, 1.82) is 0 Å². The fourth-order valence-corrected chi connectivity index (χ4v) is 3.44. The predicted octanol–water partition coefficient (Wildman–Crippen LogP) is 2.40. The van der Waals surface area contributed by atoms with Crippen LogP contribution in [0.25, 0.3) is 0 Å². The Hall–Kier alpha value is -0.910. The van der Waals surface area contributed by atoms with Crippen LogP contribution in [0.5, 0.6) is 0 Å². The van der Waals surface area contributed by atoms with Gasteiger partial charge in [0.15, 0.2) is 0 Å². The number of nitrogens with one attached hydrogen (secondary N) is 1. The quantitative estimate of drug-likeness (QED) is 0.776. The lowest BCUT2D eigenvalue weighted by Gasteiger charge is -2.25. The van der Waals surface area contributed by atoms with E-state index in [0.717, 1.165) is 49.2 Å². The maximum Gasteiger partial charge on any atom is 0.345 e. The van der Waals surface area contributed by atoms with Crippen LogP contribution in [0.1, 0.15) is 45.8 Å². The Balaban J connectivity index is 1.78. The Morgan fingerprint density at radius 1 is 1.42 bits per heavy atom. The van der Waals surface area contributed by atoms with Gasteiger partial charge in [0.05, 0.1) is 6.10 Å².